The van der Waals surface area contributed by atoms with Crippen LogP contribution < -0.4 is 14.8 Å². The molecule has 5 heteroatoms. The molecule has 0 heterocycles. The van der Waals surface area contributed by atoms with Crippen LogP contribution in [0.3, 0.4) is 0 Å². The number of hydrogen-bond donors (Lipinski definition) is 2. The third kappa shape index (κ3) is 5.10. The van der Waals surface area contributed by atoms with E-state index in [-0.39, 0.29) is 5.75 Å². The monoisotopic (exact) mass is 296 g/mol. The lowest BCUT2D eigenvalue weighted by molar-refractivity contribution is 0.287. The minimum absolute atomic E-state index is 0.0393. The topological polar surface area (TPSA) is 54.0 Å². The van der Waals surface area contributed by atoms with Gasteiger partial charge < -0.3 is 24.8 Å². The maximum atomic E-state index is 9.92. The van der Waals surface area contributed by atoms with Crippen LogP contribution in [-0.2, 0) is 6.54 Å². The second kappa shape index (κ2) is 8.10. The van der Waals surface area contributed by atoms with E-state index in [1.54, 1.807) is 0 Å². The van der Waals surface area contributed by atoms with Gasteiger partial charge in [0.1, 0.15) is 0 Å². The Morgan fingerprint density at radius 3 is 2.05 bits per heavy atom. The Kier molecular flexibility index (Phi) is 6.78. The molecular formula is C16H28N2O3. The number of nitrogens with one attached hydrogen (secondary N) is 1. The third-order valence-electron chi connectivity index (χ3n) is 3.47. The van der Waals surface area contributed by atoms with E-state index in [4.69, 9.17) is 9.47 Å². The van der Waals surface area contributed by atoms with Crippen molar-refractivity contribution in [1.82, 2.24) is 10.2 Å². The maximum absolute atomic E-state index is 9.92. The Morgan fingerprint density at radius 2 is 1.67 bits per heavy atom. The summed E-state index contributed by atoms with van der Waals surface area (Å²) in [6, 6.07) is 4.06. The zero-order valence-electron chi connectivity index (χ0n) is 13.9. The first-order valence-electron chi connectivity index (χ1n) is 7.21. The number of likely N-dealkylation sites (N-methyl/N-ethyl adjacent to an activating group) is 1. The molecule has 1 unspecified atom stereocenters. The molecule has 0 bridgehead atoms. The first-order valence-corrected chi connectivity index (χ1v) is 7.21. The van der Waals surface area contributed by atoms with Crippen molar-refractivity contribution in [2.45, 2.75) is 26.4 Å². The maximum Gasteiger partial charge on any atom is 0.200 e. The second-order valence-corrected chi connectivity index (χ2v) is 5.84. The zero-order chi connectivity index (χ0) is 16.0. The molecule has 1 aromatic rings. The lowest BCUT2D eigenvalue weighted by Gasteiger charge is -2.26. The summed E-state index contributed by atoms with van der Waals surface area (Å²) in [6.45, 7) is 6.09. The van der Waals surface area contributed by atoms with Gasteiger partial charge in [-0.05, 0) is 37.7 Å². The minimum Gasteiger partial charge on any atom is -0.502 e. The first-order chi connectivity index (χ1) is 9.88. The van der Waals surface area contributed by atoms with Crippen LogP contribution in [0.1, 0.15) is 19.4 Å². The summed E-state index contributed by atoms with van der Waals surface area (Å²) in [4.78, 5) is 2.18. The normalized spacial score (nSPS) is 12.8. The largest absolute Gasteiger partial charge is 0.502 e. The Hall–Kier alpha value is -1.46. The molecule has 2 N–H and O–H groups in total. The molecule has 0 aliphatic heterocycles. The molecule has 21 heavy (non-hydrogen) atoms. The quantitative estimate of drug-likeness (QED) is 0.769. The molecule has 0 amide bonds. The molecule has 120 valence electrons. The number of rotatable bonds is 8. The van der Waals surface area contributed by atoms with Gasteiger partial charge in [0, 0.05) is 19.1 Å². The molecule has 0 aliphatic carbocycles. The predicted molar refractivity (Wildman–Crippen MR) is 85.2 cm³/mol. The van der Waals surface area contributed by atoms with Crippen molar-refractivity contribution in [3.05, 3.63) is 17.7 Å². The fraction of sp³-hybridized carbons (Fsp3) is 0.625. The molecule has 0 radical (unpaired) electrons. The number of ether oxygens (including phenoxy) is 2. The number of hydrogen-bond acceptors (Lipinski definition) is 5. The number of methoxy groups -OCH3 is 2. The van der Waals surface area contributed by atoms with E-state index in [2.05, 4.69) is 38.2 Å². The van der Waals surface area contributed by atoms with Gasteiger partial charge in [-0.2, -0.15) is 0 Å². The molecule has 1 rings (SSSR count). The highest BCUT2D eigenvalue weighted by Gasteiger charge is 2.15. The van der Waals surface area contributed by atoms with E-state index < -0.39 is 0 Å². The minimum atomic E-state index is 0.0393. The summed E-state index contributed by atoms with van der Waals surface area (Å²) >= 11 is 0. The highest BCUT2D eigenvalue weighted by molar-refractivity contribution is 5.52. The van der Waals surface area contributed by atoms with Crippen molar-refractivity contribution in [1.29, 1.82) is 0 Å². The number of phenols is 1. The van der Waals surface area contributed by atoms with Gasteiger partial charge in [0.05, 0.1) is 14.2 Å². The molecule has 0 fully saturated rings. The molecular weight excluding hydrogens is 268 g/mol. The molecule has 1 aromatic carbocycles. The Morgan fingerprint density at radius 1 is 1.14 bits per heavy atom. The van der Waals surface area contributed by atoms with Gasteiger partial charge in [0.2, 0.25) is 5.75 Å². The van der Waals surface area contributed by atoms with Crippen molar-refractivity contribution in [2.75, 3.05) is 34.9 Å². The van der Waals surface area contributed by atoms with Crippen molar-refractivity contribution in [3.63, 3.8) is 0 Å². The summed E-state index contributed by atoms with van der Waals surface area (Å²) < 4.78 is 10.4. The average Bonchev–Trinajstić information content (AvgIpc) is 2.43. The predicted octanol–water partition coefficient (Wildman–Crippen LogP) is 2.09. The van der Waals surface area contributed by atoms with Crippen LogP contribution >= 0.6 is 0 Å². The smallest absolute Gasteiger partial charge is 0.200 e. The fourth-order valence-corrected chi connectivity index (χ4v) is 2.20. The van der Waals surface area contributed by atoms with Gasteiger partial charge >= 0.3 is 0 Å². The molecule has 0 aromatic heterocycles. The summed E-state index contributed by atoms with van der Waals surface area (Å²) in [6.07, 6.45) is 0. The fourth-order valence-electron chi connectivity index (χ4n) is 2.20. The summed E-state index contributed by atoms with van der Waals surface area (Å²) in [5, 5.41) is 13.5. The molecule has 0 spiro atoms. The Bertz CT molecular complexity index is 422. The third-order valence-corrected chi connectivity index (χ3v) is 3.47. The van der Waals surface area contributed by atoms with E-state index in [1.165, 1.54) is 14.2 Å². The van der Waals surface area contributed by atoms with Crippen molar-refractivity contribution < 1.29 is 14.6 Å². The SMILES string of the molecule is COc1cc(CNC(CN(C)C)C(C)C)cc(OC)c1O. The number of benzene rings is 1. The zero-order valence-corrected chi connectivity index (χ0v) is 13.9. The van der Waals surface area contributed by atoms with Crippen LogP contribution in [0.5, 0.6) is 17.2 Å². The van der Waals surface area contributed by atoms with Gasteiger partial charge in [-0.3, -0.25) is 0 Å². The van der Waals surface area contributed by atoms with Gasteiger partial charge in [-0.1, -0.05) is 13.8 Å². The number of phenolic OH excluding ortho intramolecular Hbond substituents is 1. The summed E-state index contributed by atoms with van der Waals surface area (Å²) in [7, 11) is 7.22. The molecule has 0 aliphatic rings. The van der Waals surface area contributed by atoms with E-state index in [9.17, 15) is 5.11 Å². The van der Waals surface area contributed by atoms with Crippen molar-refractivity contribution >= 4 is 0 Å². The van der Waals surface area contributed by atoms with Crippen LogP contribution in [0.2, 0.25) is 0 Å². The number of nitrogens with zero attached hydrogens (tertiary/aromatic N) is 1. The molecule has 0 saturated carbocycles. The van der Waals surface area contributed by atoms with Gasteiger partial charge in [0.25, 0.3) is 0 Å². The number of aromatic hydroxyl groups is 1. The highest BCUT2D eigenvalue weighted by atomic mass is 16.5. The second-order valence-electron chi connectivity index (χ2n) is 5.84. The van der Waals surface area contributed by atoms with Crippen LogP contribution in [0.25, 0.3) is 0 Å². The Balaban J connectivity index is 2.82. The standard InChI is InChI=1S/C16H28N2O3/c1-11(2)13(10-18(3)4)17-9-12-7-14(20-5)16(19)15(8-12)21-6/h7-8,11,13,17,19H,9-10H2,1-6H3. The van der Waals surface area contributed by atoms with Crippen LogP contribution in [0.15, 0.2) is 12.1 Å². The van der Waals surface area contributed by atoms with Crippen LogP contribution in [-0.4, -0.2) is 50.9 Å². The average molecular weight is 296 g/mol. The van der Waals surface area contributed by atoms with E-state index in [0.29, 0.717) is 30.0 Å². The molecule has 0 saturated heterocycles. The van der Waals surface area contributed by atoms with E-state index >= 15 is 0 Å². The lowest BCUT2D eigenvalue weighted by atomic mass is 10.0. The lowest BCUT2D eigenvalue weighted by Crippen LogP contribution is -2.41. The highest BCUT2D eigenvalue weighted by Crippen LogP contribution is 2.37. The van der Waals surface area contributed by atoms with Crippen molar-refractivity contribution in [3.8, 4) is 17.2 Å². The summed E-state index contributed by atoms with van der Waals surface area (Å²) in [5.41, 5.74) is 1.02. The van der Waals surface area contributed by atoms with Gasteiger partial charge in [0.15, 0.2) is 11.5 Å². The van der Waals surface area contributed by atoms with Crippen LogP contribution in [0.4, 0.5) is 0 Å². The van der Waals surface area contributed by atoms with Crippen LogP contribution in [0, 0.1) is 5.92 Å². The van der Waals surface area contributed by atoms with Gasteiger partial charge in [-0.25, -0.2) is 0 Å². The Labute approximate surface area is 127 Å². The molecule has 1 atom stereocenters. The van der Waals surface area contributed by atoms with Crippen molar-refractivity contribution in [2.24, 2.45) is 5.92 Å². The van der Waals surface area contributed by atoms with E-state index in [1.807, 2.05) is 12.1 Å². The summed E-state index contributed by atoms with van der Waals surface area (Å²) in [5.74, 6) is 1.44. The first kappa shape index (κ1) is 17.6. The van der Waals surface area contributed by atoms with E-state index in [0.717, 1.165) is 12.1 Å². The molecule has 5 nitrogen and oxygen atoms in total. The van der Waals surface area contributed by atoms with Gasteiger partial charge in [-0.15, -0.1) is 0 Å².